The molecule has 0 spiro atoms. The fourth-order valence-corrected chi connectivity index (χ4v) is 0. The molecule has 0 saturated heterocycles. The lowest BCUT2D eigenvalue weighted by molar-refractivity contribution is -0.134. The monoisotopic (exact) mass is 220 g/mol. The summed E-state index contributed by atoms with van der Waals surface area (Å²) in [4.78, 5) is 9.56. The van der Waals surface area contributed by atoms with E-state index in [1.807, 2.05) is 0 Å². The van der Waals surface area contributed by atoms with Crippen LogP contribution < -0.4 is 0 Å². The molecule has 0 aromatic rings. The molecule has 0 fully saturated rings. The fraction of sp³-hybridized carbons (Fsp3) is 0.500. The average molecular weight is 220 g/mol. The molecule has 0 amide bonds. The van der Waals surface area contributed by atoms with Gasteiger partial charge >= 0.3 is 5.97 Å². The second-order valence-electron chi connectivity index (χ2n) is 0.639. The summed E-state index contributed by atoms with van der Waals surface area (Å²) in [6.07, 6.45) is 0. The van der Waals surface area contributed by atoms with Crippen molar-refractivity contribution in [2.24, 2.45) is 0 Å². The molecule has 1 atom stereocenters. The van der Waals surface area contributed by atoms with Crippen LogP contribution in [0.15, 0.2) is 0 Å². The van der Waals surface area contributed by atoms with Crippen molar-refractivity contribution in [3.8, 4) is 0 Å². The van der Waals surface area contributed by atoms with Gasteiger partial charge in [0.25, 0.3) is 0 Å². The lowest BCUT2D eigenvalue weighted by atomic mass is 10.8. The first-order valence-electron chi connectivity index (χ1n) is 1.15. The first-order chi connectivity index (χ1) is 2.64. The van der Waals surface area contributed by atoms with Crippen LogP contribution in [0.5, 0.6) is 0 Å². The number of carbonyl (C=O) groups is 1. The Labute approximate surface area is 53.6 Å². The Hall–Kier alpha value is 0.490. The summed E-state index contributed by atoms with van der Waals surface area (Å²) in [5, 5.41) is 7.85. The zero-order valence-electron chi connectivity index (χ0n) is 2.69. The summed E-state index contributed by atoms with van der Waals surface area (Å²) < 4.78 is -0.789. The first kappa shape index (κ1) is 6.49. The molecule has 0 saturated carbocycles. The molecule has 0 aliphatic carbocycles. The van der Waals surface area contributed by atoms with Crippen molar-refractivity contribution in [1.82, 2.24) is 0 Å². The van der Waals surface area contributed by atoms with Crippen molar-refractivity contribution in [3.63, 3.8) is 0 Å². The van der Waals surface area contributed by atoms with Crippen LogP contribution in [-0.2, 0) is 4.79 Å². The van der Waals surface area contributed by atoms with E-state index < -0.39 is 9.35 Å². The van der Waals surface area contributed by atoms with Crippen LogP contribution in [0.4, 0.5) is 0 Å². The van der Waals surface area contributed by atoms with Crippen LogP contribution in [0.3, 0.4) is 0 Å². The minimum absolute atomic E-state index is 0.789. The predicted molar refractivity (Wildman–Crippen MR) is 31.3 cm³/mol. The van der Waals surface area contributed by atoms with Gasteiger partial charge in [-0.3, -0.25) is 0 Å². The standard InChI is InChI=1S/C2H2ClIO2/c3-1(4)2(5)6/h1H,(H,5,6). The molecule has 0 bridgehead atoms. The Balaban J connectivity index is 3.26. The Morgan fingerprint density at radius 2 is 2.17 bits per heavy atom. The number of alkyl halides is 2. The highest BCUT2D eigenvalue weighted by Gasteiger charge is 2.04. The van der Waals surface area contributed by atoms with E-state index in [4.69, 9.17) is 16.7 Å². The molecule has 0 rings (SSSR count). The van der Waals surface area contributed by atoms with E-state index in [9.17, 15) is 4.79 Å². The Morgan fingerprint density at radius 3 is 2.17 bits per heavy atom. The number of rotatable bonds is 1. The number of hydrogen-bond acceptors (Lipinski definition) is 1. The topological polar surface area (TPSA) is 37.3 Å². The van der Waals surface area contributed by atoms with Crippen molar-refractivity contribution < 1.29 is 9.90 Å². The minimum atomic E-state index is -0.989. The van der Waals surface area contributed by atoms with Crippen LogP contribution >= 0.6 is 34.2 Å². The smallest absolute Gasteiger partial charge is 0.331 e. The van der Waals surface area contributed by atoms with Gasteiger partial charge in [0.15, 0.2) is 3.38 Å². The fourth-order valence-electron chi connectivity index (χ4n) is 0. The maximum atomic E-state index is 9.56. The van der Waals surface area contributed by atoms with Gasteiger partial charge in [-0.2, -0.15) is 0 Å². The number of carboxylic acids is 1. The highest BCUT2D eigenvalue weighted by molar-refractivity contribution is 14.1. The summed E-state index contributed by atoms with van der Waals surface area (Å²) in [7, 11) is 0. The molecular weight excluding hydrogens is 218 g/mol. The van der Waals surface area contributed by atoms with E-state index in [1.54, 1.807) is 22.6 Å². The van der Waals surface area contributed by atoms with Crippen molar-refractivity contribution in [1.29, 1.82) is 0 Å². The molecule has 0 aromatic carbocycles. The van der Waals surface area contributed by atoms with E-state index in [1.165, 1.54) is 0 Å². The molecule has 1 unspecified atom stereocenters. The van der Waals surface area contributed by atoms with Crippen LogP contribution in [-0.4, -0.2) is 14.5 Å². The van der Waals surface area contributed by atoms with Crippen LogP contribution in [0.1, 0.15) is 0 Å². The normalized spacial score (nSPS) is 13.7. The number of halogens is 2. The van der Waals surface area contributed by atoms with Crippen molar-refractivity contribution in [3.05, 3.63) is 0 Å². The maximum absolute atomic E-state index is 9.56. The third-order valence-electron chi connectivity index (χ3n) is 0.187. The zero-order chi connectivity index (χ0) is 5.15. The van der Waals surface area contributed by atoms with E-state index in [2.05, 4.69) is 0 Å². The van der Waals surface area contributed by atoms with E-state index >= 15 is 0 Å². The van der Waals surface area contributed by atoms with Gasteiger partial charge in [-0.25, -0.2) is 4.79 Å². The second-order valence-corrected chi connectivity index (χ2v) is 3.06. The van der Waals surface area contributed by atoms with Gasteiger partial charge in [0.1, 0.15) is 0 Å². The molecule has 0 aliphatic heterocycles. The average Bonchev–Trinajstić information content (AvgIpc) is 1.36. The molecule has 1 N–H and O–H groups in total. The van der Waals surface area contributed by atoms with Crippen molar-refractivity contribution in [2.45, 2.75) is 3.38 Å². The lowest BCUT2D eigenvalue weighted by Gasteiger charge is -1.84. The summed E-state index contributed by atoms with van der Waals surface area (Å²) in [6.45, 7) is 0. The summed E-state index contributed by atoms with van der Waals surface area (Å²) >= 11 is 6.60. The van der Waals surface area contributed by atoms with Crippen LogP contribution in [0.2, 0.25) is 0 Å². The summed E-state index contributed by atoms with van der Waals surface area (Å²) in [5.74, 6) is -0.989. The maximum Gasteiger partial charge on any atom is 0.331 e. The van der Waals surface area contributed by atoms with Crippen LogP contribution in [0.25, 0.3) is 0 Å². The van der Waals surface area contributed by atoms with Gasteiger partial charge in [-0.1, -0.05) is 34.2 Å². The van der Waals surface area contributed by atoms with Gasteiger partial charge < -0.3 is 5.11 Å². The van der Waals surface area contributed by atoms with Crippen LogP contribution in [0, 0.1) is 0 Å². The molecule has 0 aromatic heterocycles. The quantitative estimate of drug-likeness (QED) is 0.530. The molecule has 36 valence electrons. The van der Waals surface area contributed by atoms with Gasteiger partial charge in [-0.15, -0.1) is 0 Å². The van der Waals surface area contributed by atoms with Crippen molar-refractivity contribution in [2.75, 3.05) is 0 Å². The molecule has 0 radical (unpaired) electrons. The number of aliphatic carboxylic acids is 1. The minimum Gasteiger partial charge on any atom is -0.480 e. The highest BCUT2D eigenvalue weighted by atomic mass is 127. The molecule has 6 heavy (non-hydrogen) atoms. The van der Waals surface area contributed by atoms with Gasteiger partial charge in [0, 0.05) is 0 Å². The SMILES string of the molecule is O=C(O)C(Cl)I. The Bertz CT molecular complexity index is 62.6. The third-order valence-corrected chi connectivity index (χ3v) is 0.906. The van der Waals surface area contributed by atoms with E-state index in [0.29, 0.717) is 0 Å². The van der Waals surface area contributed by atoms with Gasteiger partial charge in [-0.05, 0) is 0 Å². The molecular formula is C2H2ClIO2. The van der Waals surface area contributed by atoms with E-state index in [0.717, 1.165) is 0 Å². The summed E-state index contributed by atoms with van der Waals surface area (Å²) in [6, 6.07) is 0. The zero-order valence-corrected chi connectivity index (χ0v) is 5.60. The Kier molecular flexibility index (Phi) is 2.84. The third kappa shape index (κ3) is 2.71. The van der Waals surface area contributed by atoms with Gasteiger partial charge in [0.2, 0.25) is 0 Å². The molecule has 4 heteroatoms. The second kappa shape index (κ2) is 2.63. The first-order valence-corrected chi connectivity index (χ1v) is 2.83. The molecule has 2 nitrogen and oxygen atoms in total. The van der Waals surface area contributed by atoms with Gasteiger partial charge in [0.05, 0.1) is 0 Å². The van der Waals surface area contributed by atoms with E-state index in [-0.39, 0.29) is 0 Å². The predicted octanol–water partition coefficient (Wildman–Crippen LogP) is 1.07. The lowest BCUT2D eigenvalue weighted by Crippen LogP contribution is -2.02. The largest absolute Gasteiger partial charge is 0.480 e. The number of carboxylic acid groups (broad SMARTS) is 1. The number of hydrogen-bond donors (Lipinski definition) is 1. The molecule has 0 aliphatic rings. The highest BCUT2D eigenvalue weighted by Crippen LogP contribution is 2.03. The summed E-state index contributed by atoms with van der Waals surface area (Å²) in [5.41, 5.74) is 0. The Morgan fingerprint density at radius 1 is 2.00 bits per heavy atom. The molecule has 0 heterocycles. The van der Waals surface area contributed by atoms with Crippen molar-refractivity contribution >= 4 is 40.2 Å².